The number of benzene rings is 2. The lowest BCUT2D eigenvalue weighted by molar-refractivity contribution is -0.174. The quantitative estimate of drug-likeness (QED) is 0.799. The zero-order chi connectivity index (χ0) is 16.7. The molecule has 0 fully saturated rings. The van der Waals surface area contributed by atoms with E-state index in [9.17, 15) is 9.18 Å². The maximum absolute atomic E-state index is 14.1. The molecule has 0 saturated carbocycles. The summed E-state index contributed by atoms with van der Waals surface area (Å²) in [7, 11) is 2.72. The Balaban J connectivity index is 2.12. The van der Waals surface area contributed by atoms with Crippen LogP contribution in [0.5, 0.6) is 0 Å². The summed E-state index contributed by atoms with van der Waals surface area (Å²) in [4.78, 5) is 16.5. The van der Waals surface area contributed by atoms with Gasteiger partial charge in [-0.15, -0.1) is 0 Å². The van der Waals surface area contributed by atoms with E-state index in [1.54, 1.807) is 0 Å². The van der Waals surface area contributed by atoms with Gasteiger partial charge in [-0.1, -0.05) is 60.7 Å². The normalized spacial score (nSPS) is 12.2. The number of alkyl halides is 1. The standard InChI is InChI=1S/C18H21FN2O2/c1-21(23-2)18(22)16(19)13-20-17(14-9-5-3-6-10-14)15-11-7-4-8-12-15/h3-12,16-17,20H,13H2,1-2H3. The summed E-state index contributed by atoms with van der Waals surface area (Å²) < 4.78 is 14.1. The average molecular weight is 316 g/mol. The zero-order valence-electron chi connectivity index (χ0n) is 13.3. The number of amides is 1. The molecule has 0 saturated heterocycles. The molecule has 23 heavy (non-hydrogen) atoms. The molecule has 0 aliphatic rings. The van der Waals surface area contributed by atoms with Gasteiger partial charge in [0.15, 0.2) is 6.17 Å². The van der Waals surface area contributed by atoms with Crippen molar-refractivity contribution in [2.24, 2.45) is 0 Å². The van der Waals surface area contributed by atoms with Crippen molar-refractivity contribution in [2.75, 3.05) is 20.7 Å². The van der Waals surface area contributed by atoms with Crippen LogP contribution in [0.4, 0.5) is 4.39 Å². The molecular weight excluding hydrogens is 295 g/mol. The fraction of sp³-hybridized carbons (Fsp3) is 0.278. The highest BCUT2D eigenvalue weighted by atomic mass is 19.1. The lowest BCUT2D eigenvalue weighted by atomic mass is 9.98. The summed E-state index contributed by atoms with van der Waals surface area (Å²) in [6.45, 7) is -0.0962. The first-order chi connectivity index (χ1) is 11.1. The third-order valence-electron chi connectivity index (χ3n) is 3.62. The van der Waals surface area contributed by atoms with Crippen molar-refractivity contribution in [3.8, 4) is 0 Å². The summed E-state index contributed by atoms with van der Waals surface area (Å²) in [5, 5.41) is 4.03. The minimum absolute atomic E-state index is 0.0962. The molecule has 2 rings (SSSR count). The molecule has 0 heterocycles. The molecule has 4 nitrogen and oxygen atoms in total. The van der Waals surface area contributed by atoms with Gasteiger partial charge in [0.1, 0.15) is 0 Å². The Morgan fingerprint density at radius 1 is 1.09 bits per heavy atom. The molecule has 1 atom stereocenters. The Morgan fingerprint density at radius 3 is 2.00 bits per heavy atom. The van der Waals surface area contributed by atoms with Gasteiger partial charge in [0, 0.05) is 13.6 Å². The molecule has 122 valence electrons. The van der Waals surface area contributed by atoms with E-state index in [1.807, 2.05) is 60.7 Å². The van der Waals surface area contributed by atoms with Crippen molar-refractivity contribution in [2.45, 2.75) is 12.2 Å². The number of rotatable bonds is 7. The number of halogens is 1. The largest absolute Gasteiger partial charge is 0.303 e. The molecule has 1 N–H and O–H groups in total. The third-order valence-corrected chi connectivity index (χ3v) is 3.62. The summed E-state index contributed by atoms with van der Waals surface area (Å²) in [5.74, 6) is -0.708. The Hall–Kier alpha value is -2.24. The van der Waals surface area contributed by atoms with Gasteiger partial charge in [0.25, 0.3) is 5.91 Å². The van der Waals surface area contributed by atoms with E-state index >= 15 is 0 Å². The Morgan fingerprint density at radius 2 is 1.57 bits per heavy atom. The minimum Gasteiger partial charge on any atom is -0.303 e. The van der Waals surface area contributed by atoms with E-state index in [2.05, 4.69) is 5.32 Å². The second-order valence-corrected chi connectivity index (χ2v) is 5.15. The number of carbonyl (C=O) groups excluding carboxylic acids is 1. The Bertz CT molecular complexity index is 567. The number of carbonyl (C=O) groups is 1. The lowest BCUT2D eigenvalue weighted by Crippen LogP contribution is -2.40. The summed E-state index contributed by atoms with van der Waals surface area (Å²) >= 11 is 0. The van der Waals surface area contributed by atoms with E-state index in [0.29, 0.717) is 0 Å². The fourth-order valence-electron chi connectivity index (χ4n) is 2.32. The summed E-state index contributed by atoms with van der Waals surface area (Å²) in [5.41, 5.74) is 2.02. The predicted octanol–water partition coefficient (Wildman–Crippen LogP) is 2.72. The average Bonchev–Trinajstić information content (AvgIpc) is 2.62. The van der Waals surface area contributed by atoms with Crippen LogP contribution in [0.15, 0.2) is 60.7 Å². The summed E-state index contributed by atoms with van der Waals surface area (Å²) in [6, 6.07) is 19.3. The van der Waals surface area contributed by atoms with Crippen molar-refractivity contribution < 1.29 is 14.0 Å². The van der Waals surface area contributed by atoms with Crippen LogP contribution in [0.3, 0.4) is 0 Å². The van der Waals surface area contributed by atoms with E-state index in [0.717, 1.165) is 16.2 Å². The van der Waals surface area contributed by atoms with Crippen LogP contribution in [0.25, 0.3) is 0 Å². The van der Waals surface area contributed by atoms with E-state index < -0.39 is 12.1 Å². The minimum atomic E-state index is -1.67. The number of hydrogen-bond acceptors (Lipinski definition) is 3. The second kappa shape index (κ2) is 8.41. The van der Waals surface area contributed by atoms with Crippen molar-refractivity contribution in [3.05, 3.63) is 71.8 Å². The smallest absolute Gasteiger partial charge is 0.281 e. The van der Waals surface area contributed by atoms with Gasteiger partial charge in [0.2, 0.25) is 0 Å². The van der Waals surface area contributed by atoms with Gasteiger partial charge in [-0.2, -0.15) is 0 Å². The van der Waals surface area contributed by atoms with E-state index in [4.69, 9.17) is 4.84 Å². The number of hydrogen-bond donors (Lipinski definition) is 1. The molecule has 0 aliphatic carbocycles. The van der Waals surface area contributed by atoms with Crippen LogP contribution in [0.2, 0.25) is 0 Å². The van der Waals surface area contributed by atoms with Crippen LogP contribution in [0.1, 0.15) is 17.2 Å². The molecule has 1 amide bonds. The predicted molar refractivity (Wildman–Crippen MR) is 87.4 cm³/mol. The van der Waals surface area contributed by atoms with Crippen molar-refractivity contribution in [3.63, 3.8) is 0 Å². The van der Waals surface area contributed by atoms with Crippen LogP contribution in [-0.2, 0) is 9.63 Å². The molecule has 0 spiro atoms. The first-order valence-corrected chi connectivity index (χ1v) is 7.42. The molecular formula is C18H21FN2O2. The van der Waals surface area contributed by atoms with Crippen molar-refractivity contribution >= 4 is 5.91 Å². The zero-order valence-corrected chi connectivity index (χ0v) is 13.3. The highest BCUT2D eigenvalue weighted by Gasteiger charge is 2.23. The van der Waals surface area contributed by atoms with E-state index in [1.165, 1.54) is 14.2 Å². The maximum atomic E-state index is 14.1. The molecule has 0 radical (unpaired) electrons. The molecule has 5 heteroatoms. The topological polar surface area (TPSA) is 41.6 Å². The molecule has 0 aromatic heterocycles. The van der Waals surface area contributed by atoms with Gasteiger partial charge in [-0.25, -0.2) is 9.45 Å². The molecule has 0 bridgehead atoms. The molecule has 1 unspecified atom stereocenters. The number of hydroxylamine groups is 2. The highest BCUT2D eigenvalue weighted by Crippen LogP contribution is 2.21. The lowest BCUT2D eigenvalue weighted by Gasteiger charge is -2.22. The molecule has 2 aromatic rings. The third kappa shape index (κ3) is 4.61. The van der Waals surface area contributed by atoms with Gasteiger partial charge < -0.3 is 5.32 Å². The first kappa shape index (κ1) is 17.1. The van der Waals surface area contributed by atoms with Gasteiger partial charge >= 0.3 is 0 Å². The number of nitrogens with zero attached hydrogens (tertiary/aromatic N) is 1. The highest BCUT2D eigenvalue weighted by molar-refractivity contribution is 5.79. The molecule has 2 aromatic carbocycles. The van der Waals surface area contributed by atoms with Gasteiger partial charge in [0.05, 0.1) is 13.2 Å². The summed E-state index contributed by atoms with van der Waals surface area (Å²) in [6.07, 6.45) is -1.67. The van der Waals surface area contributed by atoms with Gasteiger partial charge in [-0.3, -0.25) is 9.63 Å². The SMILES string of the molecule is CON(C)C(=O)C(F)CNC(c1ccccc1)c1ccccc1. The Kier molecular flexibility index (Phi) is 6.26. The van der Waals surface area contributed by atoms with Crippen LogP contribution in [0, 0.1) is 0 Å². The molecule has 0 aliphatic heterocycles. The fourth-order valence-corrected chi connectivity index (χ4v) is 2.32. The van der Waals surface area contributed by atoms with Gasteiger partial charge in [-0.05, 0) is 11.1 Å². The first-order valence-electron chi connectivity index (χ1n) is 7.42. The Labute approximate surface area is 135 Å². The van der Waals surface area contributed by atoms with Crippen molar-refractivity contribution in [1.29, 1.82) is 0 Å². The van der Waals surface area contributed by atoms with Crippen LogP contribution < -0.4 is 5.32 Å². The van der Waals surface area contributed by atoms with Crippen molar-refractivity contribution in [1.82, 2.24) is 10.4 Å². The van der Waals surface area contributed by atoms with E-state index in [-0.39, 0.29) is 12.6 Å². The maximum Gasteiger partial charge on any atom is 0.281 e. The monoisotopic (exact) mass is 316 g/mol. The second-order valence-electron chi connectivity index (χ2n) is 5.15. The van der Waals surface area contributed by atoms with Crippen LogP contribution >= 0.6 is 0 Å². The van der Waals surface area contributed by atoms with Crippen LogP contribution in [-0.4, -0.2) is 37.8 Å². The number of nitrogens with one attached hydrogen (secondary N) is 1.